The van der Waals surface area contributed by atoms with Gasteiger partial charge >= 0.3 is 0 Å². The van der Waals surface area contributed by atoms with Gasteiger partial charge in [-0.15, -0.1) is 0 Å². The molecular weight excluding hydrogens is 230 g/mol. The minimum atomic E-state index is 0.764. The number of nitrogens with zero attached hydrogens (tertiary/aromatic N) is 1. The van der Waals surface area contributed by atoms with Gasteiger partial charge in [-0.25, -0.2) is 0 Å². The molecule has 2 saturated heterocycles. The Hall–Kier alpha value is -1.34. The second kappa shape index (κ2) is 4.35. The topological polar surface area (TPSA) is 3.24 Å². The quantitative estimate of drug-likeness (QED) is 0.735. The van der Waals surface area contributed by atoms with Crippen LogP contribution in [0.4, 0.5) is 0 Å². The smallest absolute Gasteiger partial charge is 0.0102 e. The number of rotatable bonds is 1. The lowest BCUT2D eigenvalue weighted by atomic mass is 9.83. The minimum Gasteiger partial charge on any atom is -0.300 e. The summed E-state index contributed by atoms with van der Waals surface area (Å²) in [4.78, 5) is 2.63. The average molecular weight is 251 g/mol. The molecule has 2 aliphatic heterocycles. The molecule has 2 fully saturated rings. The number of piperidine rings is 1. The van der Waals surface area contributed by atoms with Crippen molar-refractivity contribution in [3.63, 3.8) is 0 Å². The van der Waals surface area contributed by atoms with Crippen LogP contribution in [0.25, 0.3) is 10.8 Å². The van der Waals surface area contributed by atoms with Gasteiger partial charge in [-0.05, 0) is 55.0 Å². The van der Waals surface area contributed by atoms with Crippen LogP contribution in [0, 0.1) is 0 Å². The molecule has 1 nitrogen and oxygen atoms in total. The number of hydrogen-bond donors (Lipinski definition) is 0. The minimum absolute atomic E-state index is 0.764. The van der Waals surface area contributed by atoms with Crippen LogP contribution in [-0.4, -0.2) is 24.0 Å². The SMILES string of the molecule is CN1C2CCC1CC(c1cccc3ccccc13)C2. The van der Waals surface area contributed by atoms with Crippen LogP contribution < -0.4 is 0 Å². The average Bonchev–Trinajstić information content (AvgIpc) is 2.67. The van der Waals surface area contributed by atoms with Gasteiger partial charge in [0.1, 0.15) is 0 Å². The van der Waals surface area contributed by atoms with Crippen molar-refractivity contribution in [2.45, 2.75) is 43.7 Å². The molecule has 2 aromatic carbocycles. The van der Waals surface area contributed by atoms with Crippen LogP contribution >= 0.6 is 0 Å². The molecule has 0 spiro atoms. The first-order valence-electron chi connectivity index (χ1n) is 7.52. The van der Waals surface area contributed by atoms with E-state index in [1.807, 2.05) is 0 Å². The molecule has 0 N–H and O–H groups in total. The second-order valence-electron chi connectivity index (χ2n) is 6.29. The molecule has 19 heavy (non-hydrogen) atoms. The summed E-state index contributed by atoms with van der Waals surface area (Å²) in [6, 6.07) is 17.3. The van der Waals surface area contributed by atoms with Crippen LogP contribution in [0.5, 0.6) is 0 Å². The van der Waals surface area contributed by atoms with Gasteiger partial charge in [0, 0.05) is 12.1 Å². The third kappa shape index (κ3) is 1.80. The summed E-state index contributed by atoms with van der Waals surface area (Å²) in [5, 5.41) is 2.87. The monoisotopic (exact) mass is 251 g/mol. The van der Waals surface area contributed by atoms with E-state index in [4.69, 9.17) is 0 Å². The third-order valence-corrected chi connectivity index (χ3v) is 5.36. The van der Waals surface area contributed by atoms with Gasteiger partial charge in [0.25, 0.3) is 0 Å². The number of hydrogen-bond acceptors (Lipinski definition) is 1. The van der Waals surface area contributed by atoms with Crippen molar-refractivity contribution >= 4 is 10.8 Å². The molecule has 0 saturated carbocycles. The van der Waals surface area contributed by atoms with E-state index in [0.717, 1.165) is 18.0 Å². The molecule has 2 heterocycles. The Morgan fingerprint density at radius 1 is 0.895 bits per heavy atom. The van der Waals surface area contributed by atoms with E-state index in [0.29, 0.717) is 0 Å². The van der Waals surface area contributed by atoms with Crippen molar-refractivity contribution in [3.05, 3.63) is 48.0 Å². The summed E-state index contributed by atoms with van der Waals surface area (Å²) in [7, 11) is 2.32. The molecular formula is C18H21N. The van der Waals surface area contributed by atoms with Crippen molar-refractivity contribution in [3.8, 4) is 0 Å². The highest BCUT2D eigenvalue weighted by Gasteiger charge is 2.39. The Bertz CT molecular complexity index is 584. The summed E-state index contributed by atoms with van der Waals surface area (Å²) in [6.45, 7) is 0. The molecule has 98 valence electrons. The standard InChI is InChI=1S/C18H21N/c1-19-15-9-10-16(19)12-14(11-15)18-8-4-6-13-5-2-3-7-17(13)18/h2-8,14-16H,9-12H2,1H3. The largest absolute Gasteiger partial charge is 0.300 e. The molecule has 1 heteroatoms. The predicted molar refractivity (Wildman–Crippen MR) is 80.5 cm³/mol. The lowest BCUT2D eigenvalue weighted by Crippen LogP contribution is -2.39. The fraction of sp³-hybridized carbons (Fsp3) is 0.444. The summed E-state index contributed by atoms with van der Waals surface area (Å²) in [6.07, 6.45) is 5.51. The Labute approximate surface area is 115 Å². The van der Waals surface area contributed by atoms with Gasteiger partial charge in [0.05, 0.1) is 0 Å². The lowest BCUT2D eigenvalue weighted by molar-refractivity contribution is 0.162. The highest BCUT2D eigenvalue weighted by molar-refractivity contribution is 5.86. The van der Waals surface area contributed by atoms with Crippen molar-refractivity contribution in [1.82, 2.24) is 4.90 Å². The Kier molecular flexibility index (Phi) is 2.63. The van der Waals surface area contributed by atoms with Gasteiger partial charge in [-0.2, -0.15) is 0 Å². The normalized spacial score (nSPS) is 30.9. The first-order chi connectivity index (χ1) is 9.33. The molecule has 2 atom stereocenters. The van der Waals surface area contributed by atoms with Gasteiger partial charge in [0.2, 0.25) is 0 Å². The van der Waals surface area contributed by atoms with Crippen LogP contribution in [-0.2, 0) is 0 Å². The van der Waals surface area contributed by atoms with Crippen molar-refractivity contribution in [2.24, 2.45) is 0 Å². The Morgan fingerprint density at radius 2 is 1.58 bits per heavy atom. The van der Waals surface area contributed by atoms with E-state index in [2.05, 4.69) is 54.4 Å². The zero-order valence-corrected chi connectivity index (χ0v) is 11.5. The fourth-order valence-corrected chi connectivity index (χ4v) is 4.27. The maximum atomic E-state index is 2.63. The highest BCUT2D eigenvalue weighted by atomic mass is 15.2. The molecule has 0 aromatic heterocycles. The van der Waals surface area contributed by atoms with Gasteiger partial charge in [0.15, 0.2) is 0 Å². The van der Waals surface area contributed by atoms with Gasteiger partial charge in [-0.3, -0.25) is 0 Å². The first-order valence-corrected chi connectivity index (χ1v) is 7.52. The van der Waals surface area contributed by atoms with Crippen LogP contribution in [0.2, 0.25) is 0 Å². The Morgan fingerprint density at radius 3 is 2.37 bits per heavy atom. The summed E-state index contributed by atoms with van der Waals surface area (Å²) < 4.78 is 0. The van der Waals surface area contributed by atoms with E-state index in [1.54, 1.807) is 5.56 Å². The Balaban J connectivity index is 1.75. The van der Waals surface area contributed by atoms with Crippen LogP contribution in [0.1, 0.15) is 37.2 Å². The molecule has 2 aromatic rings. The van der Waals surface area contributed by atoms with Crippen LogP contribution in [0.3, 0.4) is 0 Å². The predicted octanol–water partition coefficient (Wildman–Crippen LogP) is 4.18. The maximum Gasteiger partial charge on any atom is 0.0102 e. The molecule has 2 bridgehead atoms. The third-order valence-electron chi connectivity index (χ3n) is 5.36. The molecule has 0 amide bonds. The molecule has 4 rings (SSSR count). The van der Waals surface area contributed by atoms with E-state index in [1.165, 1.54) is 36.5 Å². The second-order valence-corrected chi connectivity index (χ2v) is 6.29. The molecule has 2 aliphatic rings. The van der Waals surface area contributed by atoms with E-state index in [-0.39, 0.29) is 0 Å². The van der Waals surface area contributed by atoms with Crippen molar-refractivity contribution < 1.29 is 0 Å². The molecule has 0 radical (unpaired) electrons. The zero-order chi connectivity index (χ0) is 12.8. The van der Waals surface area contributed by atoms with Crippen LogP contribution in [0.15, 0.2) is 42.5 Å². The summed E-state index contributed by atoms with van der Waals surface area (Å²) >= 11 is 0. The van der Waals surface area contributed by atoms with Crippen molar-refractivity contribution in [1.29, 1.82) is 0 Å². The molecule has 2 unspecified atom stereocenters. The fourth-order valence-electron chi connectivity index (χ4n) is 4.27. The van der Waals surface area contributed by atoms with E-state index < -0.39 is 0 Å². The molecule has 0 aliphatic carbocycles. The van der Waals surface area contributed by atoms with Crippen molar-refractivity contribution in [2.75, 3.05) is 7.05 Å². The van der Waals surface area contributed by atoms with E-state index >= 15 is 0 Å². The highest BCUT2D eigenvalue weighted by Crippen LogP contribution is 2.43. The van der Waals surface area contributed by atoms with Gasteiger partial charge < -0.3 is 4.90 Å². The summed E-state index contributed by atoms with van der Waals surface area (Å²) in [5.74, 6) is 0.764. The van der Waals surface area contributed by atoms with Gasteiger partial charge in [-0.1, -0.05) is 42.5 Å². The maximum absolute atomic E-state index is 2.63. The summed E-state index contributed by atoms with van der Waals surface area (Å²) in [5.41, 5.74) is 1.59. The number of benzene rings is 2. The lowest BCUT2D eigenvalue weighted by Gasteiger charge is -2.37. The number of fused-ring (bicyclic) bond motifs is 3. The zero-order valence-electron chi connectivity index (χ0n) is 11.5. The van der Waals surface area contributed by atoms with E-state index in [9.17, 15) is 0 Å². The first kappa shape index (κ1) is 11.5.